The van der Waals surface area contributed by atoms with Gasteiger partial charge in [-0.3, -0.25) is 4.79 Å². The van der Waals surface area contributed by atoms with Crippen molar-refractivity contribution in [2.45, 2.75) is 12.6 Å². The number of hydrogen-bond donors (Lipinski definition) is 1. The van der Waals surface area contributed by atoms with E-state index in [4.69, 9.17) is 5.73 Å². The first kappa shape index (κ1) is 18.9. The van der Waals surface area contributed by atoms with Gasteiger partial charge in [0.1, 0.15) is 5.82 Å². The Labute approximate surface area is 143 Å². The molecule has 0 aliphatic carbocycles. The van der Waals surface area contributed by atoms with Gasteiger partial charge in [-0.2, -0.15) is 13.2 Å². The second kappa shape index (κ2) is 8.11. The molecule has 2 rings (SSSR count). The van der Waals surface area contributed by atoms with Crippen molar-refractivity contribution in [1.29, 1.82) is 0 Å². The predicted molar refractivity (Wildman–Crippen MR) is 86.5 cm³/mol. The number of nitrogens with zero attached hydrogens (tertiary/aromatic N) is 1. The Morgan fingerprint density at radius 2 is 1.68 bits per heavy atom. The highest BCUT2D eigenvalue weighted by Crippen LogP contribution is 2.32. The number of carbonyl (C=O) groups is 1. The van der Waals surface area contributed by atoms with E-state index in [0.717, 1.165) is 17.7 Å². The number of rotatable bonds is 6. The molecule has 0 aliphatic heterocycles. The minimum atomic E-state index is -4.86. The van der Waals surface area contributed by atoms with Crippen molar-refractivity contribution in [3.63, 3.8) is 0 Å². The molecular weight excluding hydrogens is 336 g/mol. The van der Waals surface area contributed by atoms with E-state index in [1.54, 1.807) is 0 Å². The lowest BCUT2D eigenvalue weighted by atomic mass is 10.1. The largest absolute Gasteiger partial charge is 0.419 e. The third-order valence-corrected chi connectivity index (χ3v) is 3.73. The van der Waals surface area contributed by atoms with Crippen LogP contribution in [-0.2, 0) is 12.6 Å². The summed E-state index contributed by atoms with van der Waals surface area (Å²) < 4.78 is 52.7. The molecule has 0 saturated carbocycles. The zero-order valence-electron chi connectivity index (χ0n) is 13.4. The molecule has 0 bridgehead atoms. The molecule has 1 amide bonds. The SMILES string of the molecule is NCCN(CCc1ccccc1)C(=O)c1cccc(C(F)(F)F)c1F. The Balaban J connectivity index is 2.22. The molecule has 0 unspecified atom stereocenters. The molecule has 0 aromatic heterocycles. The van der Waals surface area contributed by atoms with E-state index in [0.29, 0.717) is 12.5 Å². The quantitative estimate of drug-likeness (QED) is 0.808. The fraction of sp³-hybridized carbons (Fsp3) is 0.278. The van der Waals surface area contributed by atoms with Gasteiger partial charge in [-0.05, 0) is 24.1 Å². The lowest BCUT2D eigenvalue weighted by Crippen LogP contribution is -2.37. The minimum Gasteiger partial charge on any atom is -0.337 e. The van der Waals surface area contributed by atoms with Crippen LogP contribution in [0.3, 0.4) is 0 Å². The van der Waals surface area contributed by atoms with Gasteiger partial charge in [-0.25, -0.2) is 4.39 Å². The van der Waals surface area contributed by atoms with Gasteiger partial charge in [-0.1, -0.05) is 36.4 Å². The van der Waals surface area contributed by atoms with Crippen LogP contribution in [-0.4, -0.2) is 30.4 Å². The molecular formula is C18H18F4N2O. The van der Waals surface area contributed by atoms with Crippen molar-refractivity contribution in [3.8, 4) is 0 Å². The van der Waals surface area contributed by atoms with Gasteiger partial charge >= 0.3 is 6.18 Å². The number of amides is 1. The predicted octanol–water partition coefficient (Wildman–Crippen LogP) is 3.49. The standard InChI is InChI=1S/C18H18F4N2O/c19-16-14(7-4-8-15(16)18(20,21)22)17(25)24(12-10-23)11-9-13-5-2-1-3-6-13/h1-8H,9-12,23H2. The summed E-state index contributed by atoms with van der Waals surface area (Å²) in [5.41, 5.74) is 4.39. The van der Waals surface area contributed by atoms with Crippen molar-refractivity contribution in [3.05, 3.63) is 71.0 Å². The van der Waals surface area contributed by atoms with E-state index in [9.17, 15) is 22.4 Å². The lowest BCUT2D eigenvalue weighted by Gasteiger charge is -2.23. The van der Waals surface area contributed by atoms with Gasteiger partial charge in [0, 0.05) is 19.6 Å². The van der Waals surface area contributed by atoms with Crippen LogP contribution in [0.15, 0.2) is 48.5 Å². The number of nitrogens with two attached hydrogens (primary N) is 1. The highest BCUT2D eigenvalue weighted by atomic mass is 19.4. The normalized spacial score (nSPS) is 11.4. The first-order valence-electron chi connectivity index (χ1n) is 7.73. The highest BCUT2D eigenvalue weighted by Gasteiger charge is 2.36. The Morgan fingerprint density at radius 3 is 2.28 bits per heavy atom. The van der Waals surface area contributed by atoms with Crippen LogP contribution >= 0.6 is 0 Å². The fourth-order valence-electron chi connectivity index (χ4n) is 2.47. The molecule has 0 saturated heterocycles. The summed E-state index contributed by atoms with van der Waals surface area (Å²) in [5, 5.41) is 0. The first-order chi connectivity index (χ1) is 11.8. The van der Waals surface area contributed by atoms with Crippen LogP contribution in [0, 0.1) is 5.82 Å². The molecule has 25 heavy (non-hydrogen) atoms. The molecule has 2 aromatic carbocycles. The van der Waals surface area contributed by atoms with E-state index in [2.05, 4.69) is 0 Å². The minimum absolute atomic E-state index is 0.126. The van der Waals surface area contributed by atoms with Crippen LogP contribution in [0.25, 0.3) is 0 Å². The van der Waals surface area contributed by atoms with Crippen LogP contribution in [0.2, 0.25) is 0 Å². The molecule has 2 N–H and O–H groups in total. The fourth-order valence-corrected chi connectivity index (χ4v) is 2.47. The van der Waals surface area contributed by atoms with Crippen LogP contribution < -0.4 is 5.73 Å². The molecule has 0 fully saturated rings. The van der Waals surface area contributed by atoms with Gasteiger partial charge in [0.2, 0.25) is 0 Å². The van der Waals surface area contributed by atoms with Gasteiger partial charge in [0.25, 0.3) is 5.91 Å². The number of alkyl halides is 3. The van der Waals surface area contributed by atoms with E-state index in [1.807, 2.05) is 30.3 Å². The molecule has 7 heteroatoms. The molecule has 0 radical (unpaired) electrons. The van der Waals surface area contributed by atoms with Crippen LogP contribution in [0.5, 0.6) is 0 Å². The van der Waals surface area contributed by atoms with E-state index in [1.165, 1.54) is 4.90 Å². The van der Waals surface area contributed by atoms with Crippen molar-refractivity contribution in [2.75, 3.05) is 19.6 Å². The molecule has 3 nitrogen and oxygen atoms in total. The third-order valence-electron chi connectivity index (χ3n) is 3.73. The van der Waals surface area contributed by atoms with Crippen molar-refractivity contribution in [2.24, 2.45) is 5.73 Å². The summed E-state index contributed by atoms with van der Waals surface area (Å²) in [6, 6.07) is 12.0. The summed E-state index contributed by atoms with van der Waals surface area (Å²) in [6.45, 7) is 0.484. The van der Waals surface area contributed by atoms with Crippen molar-refractivity contribution in [1.82, 2.24) is 4.90 Å². The van der Waals surface area contributed by atoms with Gasteiger partial charge in [-0.15, -0.1) is 0 Å². The van der Waals surface area contributed by atoms with Crippen molar-refractivity contribution >= 4 is 5.91 Å². The summed E-state index contributed by atoms with van der Waals surface area (Å²) in [4.78, 5) is 13.8. The summed E-state index contributed by atoms with van der Waals surface area (Å²) >= 11 is 0. The average molecular weight is 354 g/mol. The summed E-state index contributed by atoms with van der Waals surface area (Å²) in [6.07, 6.45) is -4.36. The van der Waals surface area contributed by atoms with E-state index in [-0.39, 0.29) is 19.6 Å². The molecule has 0 atom stereocenters. The maximum atomic E-state index is 14.2. The Morgan fingerprint density at radius 1 is 1.00 bits per heavy atom. The van der Waals surface area contributed by atoms with Crippen molar-refractivity contribution < 1.29 is 22.4 Å². The second-order valence-electron chi connectivity index (χ2n) is 5.48. The number of halogens is 4. The van der Waals surface area contributed by atoms with Crippen LogP contribution in [0.4, 0.5) is 17.6 Å². The van der Waals surface area contributed by atoms with Gasteiger partial charge < -0.3 is 10.6 Å². The number of hydrogen-bond acceptors (Lipinski definition) is 2. The molecule has 0 heterocycles. The molecule has 0 spiro atoms. The topological polar surface area (TPSA) is 46.3 Å². The zero-order chi connectivity index (χ0) is 18.4. The van der Waals surface area contributed by atoms with E-state index >= 15 is 0 Å². The maximum absolute atomic E-state index is 14.2. The van der Waals surface area contributed by atoms with Gasteiger partial charge in [0.15, 0.2) is 0 Å². The summed E-state index contributed by atoms with van der Waals surface area (Å²) in [7, 11) is 0. The lowest BCUT2D eigenvalue weighted by molar-refractivity contribution is -0.140. The molecule has 0 aliphatic rings. The first-order valence-corrected chi connectivity index (χ1v) is 7.73. The second-order valence-corrected chi connectivity index (χ2v) is 5.48. The Kier molecular flexibility index (Phi) is 6.14. The monoisotopic (exact) mass is 354 g/mol. The number of benzene rings is 2. The molecule has 134 valence electrons. The Bertz CT molecular complexity index is 717. The average Bonchev–Trinajstić information content (AvgIpc) is 2.58. The third kappa shape index (κ3) is 4.79. The number of carbonyl (C=O) groups excluding carboxylic acids is 1. The maximum Gasteiger partial charge on any atom is 0.419 e. The molecule has 2 aromatic rings. The smallest absolute Gasteiger partial charge is 0.337 e. The summed E-state index contributed by atoms with van der Waals surface area (Å²) in [5.74, 6) is -2.35. The van der Waals surface area contributed by atoms with E-state index < -0.39 is 29.0 Å². The zero-order valence-corrected chi connectivity index (χ0v) is 13.4. The van der Waals surface area contributed by atoms with Gasteiger partial charge in [0.05, 0.1) is 11.1 Å². The van der Waals surface area contributed by atoms with Crippen LogP contribution in [0.1, 0.15) is 21.5 Å². The Hall–Kier alpha value is -2.41. The highest BCUT2D eigenvalue weighted by molar-refractivity contribution is 5.94.